The van der Waals surface area contributed by atoms with Crippen LogP contribution in [0.3, 0.4) is 0 Å². The molecule has 2 atom stereocenters. The number of benzene rings is 1. The van der Waals surface area contributed by atoms with Crippen molar-refractivity contribution < 1.29 is 4.79 Å². The predicted octanol–water partition coefficient (Wildman–Crippen LogP) is 4.65. The number of hydrogen-bond acceptors (Lipinski definition) is 1. The molecule has 1 aliphatic rings. The molecule has 0 amide bonds. The first-order chi connectivity index (χ1) is 8.83. The second-order valence-corrected chi connectivity index (χ2v) is 5.66. The van der Waals surface area contributed by atoms with Crippen LogP contribution in [0.2, 0.25) is 0 Å². The van der Waals surface area contributed by atoms with Gasteiger partial charge < -0.3 is 0 Å². The Morgan fingerprint density at radius 3 is 2.78 bits per heavy atom. The Balaban J connectivity index is 1.89. The highest BCUT2D eigenvalue weighted by molar-refractivity contribution is 5.77. The van der Waals surface area contributed by atoms with Crippen LogP contribution in [0.4, 0.5) is 0 Å². The maximum Gasteiger partial charge on any atom is 0.150 e. The van der Waals surface area contributed by atoms with E-state index < -0.39 is 0 Å². The number of hydrogen-bond donors (Lipinski definition) is 0. The number of aldehydes is 1. The SMILES string of the molecule is CCC1CCCC(CCc2ccccc2C=O)C1. The molecule has 98 valence electrons. The van der Waals surface area contributed by atoms with E-state index in [0.717, 1.165) is 30.1 Å². The average molecular weight is 244 g/mol. The molecule has 1 aliphatic carbocycles. The van der Waals surface area contributed by atoms with Gasteiger partial charge in [0.05, 0.1) is 0 Å². The number of aryl methyl sites for hydroxylation is 1. The van der Waals surface area contributed by atoms with Gasteiger partial charge in [-0.05, 0) is 36.7 Å². The first-order valence-corrected chi connectivity index (χ1v) is 7.36. The van der Waals surface area contributed by atoms with Crippen LogP contribution in [-0.4, -0.2) is 6.29 Å². The van der Waals surface area contributed by atoms with Crippen molar-refractivity contribution in [3.8, 4) is 0 Å². The van der Waals surface area contributed by atoms with E-state index in [1.165, 1.54) is 44.1 Å². The number of carbonyl (C=O) groups excluding carboxylic acids is 1. The van der Waals surface area contributed by atoms with Gasteiger partial charge in [0.25, 0.3) is 0 Å². The molecule has 1 fully saturated rings. The standard InChI is InChI=1S/C17H24O/c1-2-14-6-5-7-15(12-14)10-11-16-8-3-4-9-17(16)13-18/h3-4,8-9,13-15H,2,5-7,10-12H2,1H3. The quantitative estimate of drug-likeness (QED) is 0.689. The van der Waals surface area contributed by atoms with Crippen LogP contribution in [0, 0.1) is 11.8 Å². The Labute approximate surface area is 111 Å². The van der Waals surface area contributed by atoms with Gasteiger partial charge in [0.2, 0.25) is 0 Å². The van der Waals surface area contributed by atoms with Crippen molar-refractivity contribution in [1.29, 1.82) is 0 Å². The molecule has 0 N–H and O–H groups in total. The van der Waals surface area contributed by atoms with Crippen molar-refractivity contribution in [2.75, 3.05) is 0 Å². The molecule has 1 saturated carbocycles. The fourth-order valence-corrected chi connectivity index (χ4v) is 3.27. The molecule has 1 nitrogen and oxygen atoms in total. The molecule has 18 heavy (non-hydrogen) atoms. The third-order valence-electron chi connectivity index (χ3n) is 4.47. The summed E-state index contributed by atoms with van der Waals surface area (Å²) in [7, 11) is 0. The van der Waals surface area contributed by atoms with E-state index in [1.807, 2.05) is 18.2 Å². The molecule has 0 aliphatic heterocycles. The molecular formula is C17H24O. The zero-order chi connectivity index (χ0) is 12.8. The maximum absolute atomic E-state index is 11.0. The van der Waals surface area contributed by atoms with Crippen molar-refractivity contribution in [3.63, 3.8) is 0 Å². The average Bonchev–Trinajstić information content (AvgIpc) is 2.45. The number of carbonyl (C=O) groups is 1. The molecule has 0 aromatic heterocycles. The Kier molecular flexibility index (Phi) is 4.98. The summed E-state index contributed by atoms with van der Waals surface area (Å²) < 4.78 is 0. The largest absolute Gasteiger partial charge is 0.298 e. The molecule has 0 radical (unpaired) electrons. The number of rotatable bonds is 5. The van der Waals surface area contributed by atoms with E-state index in [-0.39, 0.29) is 0 Å². The van der Waals surface area contributed by atoms with Gasteiger partial charge in [0, 0.05) is 5.56 Å². The zero-order valence-corrected chi connectivity index (χ0v) is 11.4. The van der Waals surface area contributed by atoms with E-state index >= 15 is 0 Å². The summed E-state index contributed by atoms with van der Waals surface area (Å²) in [6.45, 7) is 2.31. The van der Waals surface area contributed by atoms with E-state index in [2.05, 4.69) is 13.0 Å². The summed E-state index contributed by atoms with van der Waals surface area (Å²) in [5.74, 6) is 1.83. The van der Waals surface area contributed by atoms with Crippen LogP contribution < -0.4 is 0 Å². The van der Waals surface area contributed by atoms with Crippen molar-refractivity contribution in [2.45, 2.75) is 51.9 Å². The third kappa shape index (κ3) is 3.44. The van der Waals surface area contributed by atoms with Gasteiger partial charge in [-0.1, -0.05) is 56.9 Å². The van der Waals surface area contributed by atoms with Gasteiger partial charge in [0.1, 0.15) is 6.29 Å². The van der Waals surface area contributed by atoms with Crippen molar-refractivity contribution in [1.82, 2.24) is 0 Å². The normalized spacial score (nSPS) is 23.8. The lowest BCUT2D eigenvalue weighted by atomic mass is 9.78. The highest BCUT2D eigenvalue weighted by Crippen LogP contribution is 2.33. The lowest BCUT2D eigenvalue weighted by molar-refractivity contribution is 0.112. The molecule has 0 heterocycles. The summed E-state index contributed by atoms with van der Waals surface area (Å²) in [6.07, 6.45) is 10.3. The second kappa shape index (κ2) is 6.72. The Morgan fingerprint density at radius 1 is 1.22 bits per heavy atom. The highest BCUT2D eigenvalue weighted by Gasteiger charge is 2.20. The topological polar surface area (TPSA) is 17.1 Å². The maximum atomic E-state index is 11.0. The first kappa shape index (κ1) is 13.3. The second-order valence-electron chi connectivity index (χ2n) is 5.66. The van der Waals surface area contributed by atoms with E-state index in [0.29, 0.717) is 0 Å². The zero-order valence-electron chi connectivity index (χ0n) is 11.4. The smallest absolute Gasteiger partial charge is 0.150 e. The lowest BCUT2D eigenvalue weighted by Crippen LogP contribution is -2.15. The minimum absolute atomic E-state index is 0.875. The van der Waals surface area contributed by atoms with Gasteiger partial charge in [-0.2, -0.15) is 0 Å². The van der Waals surface area contributed by atoms with Crippen molar-refractivity contribution in [3.05, 3.63) is 35.4 Å². The molecule has 0 bridgehead atoms. The molecule has 1 aromatic rings. The van der Waals surface area contributed by atoms with E-state index in [1.54, 1.807) is 0 Å². The predicted molar refractivity (Wildman–Crippen MR) is 75.9 cm³/mol. The molecule has 1 heteroatoms. The molecule has 0 saturated heterocycles. The summed E-state index contributed by atoms with van der Waals surface area (Å²) in [5, 5.41) is 0. The van der Waals surface area contributed by atoms with Crippen LogP contribution in [-0.2, 0) is 6.42 Å². The molecule has 0 spiro atoms. The van der Waals surface area contributed by atoms with Gasteiger partial charge >= 0.3 is 0 Å². The first-order valence-electron chi connectivity index (χ1n) is 7.36. The van der Waals surface area contributed by atoms with Gasteiger partial charge in [-0.25, -0.2) is 0 Å². The van der Waals surface area contributed by atoms with Gasteiger partial charge in [0.15, 0.2) is 0 Å². The molecule has 2 unspecified atom stereocenters. The summed E-state index contributed by atoms with van der Waals surface area (Å²) in [4.78, 5) is 11.0. The van der Waals surface area contributed by atoms with Crippen LogP contribution in [0.1, 0.15) is 61.4 Å². The van der Waals surface area contributed by atoms with Gasteiger partial charge in [-0.15, -0.1) is 0 Å². The molecular weight excluding hydrogens is 220 g/mol. The van der Waals surface area contributed by atoms with Crippen molar-refractivity contribution >= 4 is 6.29 Å². The molecule has 2 rings (SSSR count). The summed E-state index contributed by atoms with van der Waals surface area (Å²) in [6, 6.07) is 8.01. The van der Waals surface area contributed by atoms with Crippen LogP contribution in [0.15, 0.2) is 24.3 Å². The lowest BCUT2D eigenvalue weighted by Gasteiger charge is -2.28. The Hall–Kier alpha value is -1.11. The molecule has 1 aromatic carbocycles. The summed E-state index contributed by atoms with van der Waals surface area (Å²) >= 11 is 0. The monoisotopic (exact) mass is 244 g/mol. The van der Waals surface area contributed by atoms with E-state index in [9.17, 15) is 4.79 Å². The summed E-state index contributed by atoms with van der Waals surface area (Å²) in [5.41, 5.74) is 2.10. The highest BCUT2D eigenvalue weighted by atomic mass is 16.1. The van der Waals surface area contributed by atoms with Crippen LogP contribution >= 0.6 is 0 Å². The Bertz CT molecular complexity index is 383. The fraction of sp³-hybridized carbons (Fsp3) is 0.588. The minimum atomic E-state index is 0.875. The third-order valence-corrected chi connectivity index (χ3v) is 4.47. The van der Waals surface area contributed by atoms with Crippen LogP contribution in [0.5, 0.6) is 0 Å². The van der Waals surface area contributed by atoms with E-state index in [4.69, 9.17) is 0 Å². The van der Waals surface area contributed by atoms with Crippen LogP contribution in [0.25, 0.3) is 0 Å². The Morgan fingerprint density at radius 2 is 2.00 bits per heavy atom. The fourth-order valence-electron chi connectivity index (χ4n) is 3.27. The van der Waals surface area contributed by atoms with Gasteiger partial charge in [-0.3, -0.25) is 4.79 Å². The minimum Gasteiger partial charge on any atom is -0.298 e. The van der Waals surface area contributed by atoms with Crippen molar-refractivity contribution in [2.24, 2.45) is 11.8 Å².